The molecule has 1 nitrogen and oxygen atoms in total. The van der Waals surface area contributed by atoms with Gasteiger partial charge in [-0.25, -0.2) is 0 Å². The lowest BCUT2D eigenvalue weighted by Gasteiger charge is -2.58. The molecule has 0 saturated heterocycles. The summed E-state index contributed by atoms with van der Waals surface area (Å²) >= 11 is 0. The van der Waals surface area contributed by atoms with Crippen LogP contribution in [0.1, 0.15) is 104 Å². The van der Waals surface area contributed by atoms with Crippen LogP contribution in [0.3, 0.4) is 0 Å². The molecule has 5 rings (SSSR count). The number of fused-ring (bicyclic) bond motifs is 5. The monoisotopic (exact) mass is 460 g/mol. The second-order valence-corrected chi connectivity index (χ2v) is 13.0. The van der Waals surface area contributed by atoms with Gasteiger partial charge in [-0.3, -0.25) is 0 Å². The van der Waals surface area contributed by atoms with Gasteiger partial charge < -0.3 is 5.11 Å². The van der Waals surface area contributed by atoms with Crippen LogP contribution in [0.2, 0.25) is 0 Å². The quantitative estimate of drug-likeness (QED) is 0.332. The average Bonchev–Trinajstić information content (AvgIpc) is 3.20. The molecule has 3 fully saturated rings. The van der Waals surface area contributed by atoms with Crippen LogP contribution in [-0.4, -0.2) is 11.2 Å². The SMILES string of the molecule is C/C(=C\CCCC(C)C1CCC2C3CC=C4C[C@@H](O)CC[C@]4(C)C3CC[C@]12C)c1ccccc1. The summed E-state index contributed by atoms with van der Waals surface area (Å²) in [6, 6.07) is 10.8. The van der Waals surface area contributed by atoms with E-state index in [1.54, 1.807) is 5.57 Å². The van der Waals surface area contributed by atoms with Gasteiger partial charge in [0.05, 0.1) is 6.10 Å². The van der Waals surface area contributed by atoms with Crippen molar-refractivity contribution in [1.29, 1.82) is 0 Å². The number of hydrogen-bond donors (Lipinski definition) is 1. The van der Waals surface area contributed by atoms with Crippen molar-refractivity contribution in [3.63, 3.8) is 0 Å². The Kier molecular flexibility index (Phi) is 6.88. The highest BCUT2D eigenvalue weighted by Crippen LogP contribution is 2.67. The van der Waals surface area contributed by atoms with E-state index < -0.39 is 0 Å². The minimum atomic E-state index is -0.0900. The van der Waals surface area contributed by atoms with Crippen LogP contribution in [0.5, 0.6) is 0 Å². The van der Waals surface area contributed by atoms with Gasteiger partial charge in [-0.15, -0.1) is 0 Å². The van der Waals surface area contributed by atoms with Gasteiger partial charge in [0.15, 0.2) is 0 Å². The first kappa shape index (κ1) is 24.4. The van der Waals surface area contributed by atoms with E-state index in [2.05, 4.69) is 70.2 Å². The number of rotatable bonds is 6. The van der Waals surface area contributed by atoms with Crippen molar-refractivity contribution in [2.45, 2.75) is 104 Å². The number of unbranched alkanes of at least 4 members (excludes halogenated alkanes) is 1. The predicted molar refractivity (Wildman–Crippen MR) is 144 cm³/mol. The van der Waals surface area contributed by atoms with Crippen LogP contribution in [0.25, 0.3) is 5.57 Å². The zero-order valence-corrected chi connectivity index (χ0v) is 22.2. The smallest absolute Gasteiger partial charge is 0.0577 e. The van der Waals surface area contributed by atoms with E-state index in [1.807, 2.05) is 0 Å². The third-order valence-electron chi connectivity index (χ3n) is 11.4. The van der Waals surface area contributed by atoms with Crippen molar-refractivity contribution in [3.05, 3.63) is 53.6 Å². The van der Waals surface area contributed by atoms with E-state index in [0.717, 1.165) is 42.4 Å². The van der Waals surface area contributed by atoms with Crippen molar-refractivity contribution in [1.82, 2.24) is 0 Å². The molecular formula is C33H48O. The van der Waals surface area contributed by atoms with Gasteiger partial charge in [-0.1, -0.05) is 75.2 Å². The molecule has 0 bridgehead atoms. The van der Waals surface area contributed by atoms with E-state index in [9.17, 15) is 5.11 Å². The minimum absolute atomic E-state index is 0.0900. The number of benzene rings is 1. The molecule has 34 heavy (non-hydrogen) atoms. The first-order valence-corrected chi connectivity index (χ1v) is 14.4. The van der Waals surface area contributed by atoms with E-state index in [0.29, 0.717) is 10.8 Å². The van der Waals surface area contributed by atoms with Gasteiger partial charge in [-0.2, -0.15) is 0 Å². The number of aliphatic hydroxyl groups excluding tert-OH is 1. The fourth-order valence-corrected chi connectivity index (χ4v) is 9.40. The van der Waals surface area contributed by atoms with Crippen LogP contribution in [0.4, 0.5) is 0 Å². The molecule has 0 radical (unpaired) electrons. The van der Waals surface area contributed by atoms with Crippen LogP contribution < -0.4 is 0 Å². The molecular weight excluding hydrogens is 412 g/mol. The molecule has 1 aromatic rings. The summed E-state index contributed by atoms with van der Waals surface area (Å²) in [5.74, 6) is 4.41. The van der Waals surface area contributed by atoms with E-state index >= 15 is 0 Å². The summed E-state index contributed by atoms with van der Waals surface area (Å²) in [4.78, 5) is 0. The first-order chi connectivity index (χ1) is 16.3. The molecule has 3 saturated carbocycles. The van der Waals surface area contributed by atoms with Crippen LogP contribution in [0.15, 0.2) is 48.1 Å². The molecule has 4 aliphatic rings. The maximum atomic E-state index is 10.3. The summed E-state index contributed by atoms with van der Waals surface area (Å²) in [6.45, 7) is 10.1. The van der Waals surface area contributed by atoms with E-state index in [4.69, 9.17) is 0 Å². The molecule has 1 heteroatoms. The maximum absolute atomic E-state index is 10.3. The molecule has 0 spiro atoms. The van der Waals surface area contributed by atoms with Gasteiger partial charge in [-0.05, 0) is 123 Å². The van der Waals surface area contributed by atoms with Crippen molar-refractivity contribution >= 4 is 5.57 Å². The molecule has 0 heterocycles. The van der Waals surface area contributed by atoms with Gasteiger partial charge in [0.2, 0.25) is 0 Å². The number of hydrogen-bond acceptors (Lipinski definition) is 1. The third-order valence-corrected chi connectivity index (χ3v) is 11.4. The molecule has 5 unspecified atom stereocenters. The number of allylic oxidation sites excluding steroid dienone is 3. The number of aliphatic hydroxyl groups is 1. The van der Waals surface area contributed by atoms with Gasteiger partial charge >= 0.3 is 0 Å². The summed E-state index contributed by atoms with van der Waals surface area (Å²) in [6.07, 6.45) is 19.1. The zero-order valence-electron chi connectivity index (χ0n) is 22.2. The largest absolute Gasteiger partial charge is 0.393 e. The van der Waals surface area contributed by atoms with Crippen molar-refractivity contribution in [2.75, 3.05) is 0 Å². The topological polar surface area (TPSA) is 20.2 Å². The Bertz CT molecular complexity index is 912. The molecule has 1 aromatic carbocycles. The molecule has 0 amide bonds. The average molecular weight is 461 g/mol. The maximum Gasteiger partial charge on any atom is 0.0577 e. The molecule has 1 N–H and O–H groups in total. The Balaban J connectivity index is 1.21. The van der Waals surface area contributed by atoms with Crippen molar-refractivity contribution in [3.8, 4) is 0 Å². The molecule has 0 aliphatic heterocycles. The van der Waals surface area contributed by atoms with Gasteiger partial charge in [0, 0.05) is 0 Å². The molecule has 4 aliphatic carbocycles. The highest BCUT2D eigenvalue weighted by molar-refractivity contribution is 5.63. The summed E-state index contributed by atoms with van der Waals surface area (Å²) in [7, 11) is 0. The Morgan fingerprint density at radius 2 is 1.85 bits per heavy atom. The highest BCUT2D eigenvalue weighted by atomic mass is 16.3. The summed E-state index contributed by atoms with van der Waals surface area (Å²) in [5, 5.41) is 10.3. The Labute approximate surface area is 209 Å². The van der Waals surface area contributed by atoms with Crippen LogP contribution >= 0.6 is 0 Å². The Morgan fingerprint density at radius 1 is 1.06 bits per heavy atom. The second kappa shape index (κ2) is 9.61. The normalized spacial score (nSPS) is 40.7. The van der Waals surface area contributed by atoms with Crippen LogP contribution in [0, 0.1) is 40.4 Å². The van der Waals surface area contributed by atoms with Gasteiger partial charge in [0.25, 0.3) is 0 Å². The Hall–Kier alpha value is -1.34. The van der Waals surface area contributed by atoms with Crippen molar-refractivity contribution < 1.29 is 5.11 Å². The fraction of sp³-hybridized carbons (Fsp3) is 0.697. The third kappa shape index (κ3) is 4.25. The fourth-order valence-electron chi connectivity index (χ4n) is 9.40. The minimum Gasteiger partial charge on any atom is -0.393 e. The summed E-state index contributed by atoms with van der Waals surface area (Å²) in [5.41, 5.74) is 5.32. The first-order valence-electron chi connectivity index (χ1n) is 14.4. The van der Waals surface area contributed by atoms with E-state index in [1.165, 1.54) is 68.9 Å². The standard InChI is InChI=1S/C33H48O/c1-23(25-12-6-5-7-13-25)10-8-9-11-24(2)29-16-17-30-28-15-14-26-22-27(34)18-20-32(26,3)31(28)19-21-33(29,30)4/h5-7,10,12-14,24,27-31,34H,8-9,11,15-22H2,1-4H3/b23-10+/t24?,27-,28?,29?,30?,31?,32-,33+/m0/s1. The lowest BCUT2D eigenvalue weighted by molar-refractivity contribution is -0.0572. The van der Waals surface area contributed by atoms with Crippen LogP contribution in [-0.2, 0) is 0 Å². The molecule has 8 atom stereocenters. The van der Waals surface area contributed by atoms with Crippen molar-refractivity contribution in [2.24, 2.45) is 40.4 Å². The highest BCUT2D eigenvalue weighted by Gasteiger charge is 2.59. The molecule has 0 aromatic heterocycles. The predicted octanol–water partition coefficient (Wildman–Crippen LogP) is 8.84. The zero-order chi connectivity index (χ0) is 23.9. The summed E-state index contributed by atoms with van der Waals surface area (Å²) < 4.78 is 0. The second-order valence-electron chi connectivity index (χ2n) is 13.0. The lowest BCUT2D eigenvalue weighted by Crippen LogP contribution is -2.50. The lowest BCUT2D eigenvalue weighted by atomic mass is 9.47. The van der Waals surface area contributed by atoms with Gasteiger partial charge in [0.1, 0.15) is 0 Å². The molecule has 186 valence electrons. The Morgan fingerprint density at radius 3 is 2.65 bits per heavy atom. The van der Waals surface area contributed by atoms with E-state index in [-0.39, 0.29) is 6.10 Å².